The van der Waals surface area contributed by atoms with Gasteiger partial charge < -0.3 is 19.7 Å². The molecule has 180 valence electrons. The van der Waals surface area contributed by atoms with Crippen molar-refractivity contribution in [2.24, 2.45) is 0 Å². The Morgan fingerprint density at radius 3 is 2.43 bits per heavy atom. The molecule has 0 saturated carbocycles. The Labute approximate surface area is 207 Å². The van der Waals surface area contributed by atoms with Crippen LogP contribution < -0.4 is 14.8 Å². The van der Waals surface area contributed by atoms with Crippen LogP contribution in [0.4, 0.5) is 10.5 Å². The minimum Gasteiger partial charge on any atom is -0.493 e. The maximum atomic E-state index is 13.3. The van der Waals surface area contributed by atoms with Gasteiger partial charge in [-0.15, -0.1) is 0 Å². The Hall–Kier alpha value is -3.99. The van der Waals surface area contributed by atoms with Crippen molar-refractivity contribution < 1.29 is 14.3 Å². The number of benzene rings is 4. The number of rotatable bonds is 10. The van der Waals surface area contributed by atoms with E-state index in [1.165, 1.54) is 0 Å². The van der Waals surface area contributed by atoms with Crippen LogP contribution >= 0.6 is 0 Å². The number of urea groups is 1. The second-order valence-corrected chi connectivity index (χ2v) is 8.49. The van der Waals surface area contributed by atoms with E-state index < -0.39 is 0 Å². The number of fused-ring (bicyclic) bond motifs is 1. The Morgan fingerprint density at radius 1 is 0.857 bits per heavy atom. The summed E-state index contributed by atoms with van der Waals surface area (Å²) in [5.74, 6) is 1.34. The smallest absolute Gasteiger partial charge is 0.322 e. The largest absolute Gasteiger partial charge is 0.493 e. The second-order valence-electron chi connectivity index (χ2n) is 8.49. The molecule has 0 bridgehead atoms. The number of methoxy groups -OCH3 is 1. The third-order valence-corrected chi connectivity index (χ3v) is 5.94. The van der Waals surface area contributed by atoms with E-state index in [1.54, 1.807) is 7.11 Å². The number of anilines is 1. The molecule has 0 atom stereocenters. The lowest BCUT2D eigenvalue weighted by molar-refractivity contribution is 0.208. The van der Waals surface area contributed by atoms with Gasteiger partial charge in [0.25, 0.3) is 0 Å². The van der Waals surface area contributed by atoms with E-state index in [9.17, 15) is 4.79 Å². The van der Waals surface area contributed by atoms with E-state index in [0.29, 0.717) is 31.2 Å². The van der Waals surface area contributed by atoms with Crippen LogP contribution in [0.15, 0.2) is 91.0 Å². The van der Waals surface area contributed by atoms with Gasteiger partial charge in [0, 0.05) is 18.5 Å². The molecule has 4 aromatic rings. The molecule has 0 aliphatic rings. The highest BCUT2D eigenvalue weighted by Gasteiger charge is 2.16. The molecule has 35 heavy (non-hydrogen) atoms. The van der Waals surface area contributed by atoms with E-state index >= 15 is 0 Å². The van der Waals surface area contributed by atoms with Crippen molar-refractivity contribution in [1.29, 1.82) is 0 Å². The van der Waals surface area contributed by atoms with Gasteiger partial charge in [0.15, 0.2) is 11.5 Å². The van der Waals surface area contributed by atoms with Crippen molar-refractivity contribution in [3.8, 4) is 11.5 Å². The van der Waals surface area contributed by atoms with Crippen LogP contribution in [-0.4, -0.2) is 24.6 Å². The molecule has 0 radical (unpaired) electrons. The lowest BCUT2D eigenvalue weighted by Gasteiger charge is -2.24. The molecule has 0 saturated heterocycles. The van der Waals surface area contributed by atoms with Crippen LogP contribution in [-0.2, 0) is 13.2 Å². The van der Waals surface area contributed by atoms with Crippen molar-refractivity contribution >= 4 is 22.5 Å². The van der Waals surface area contributed by atoms with Crippen molar-refractivity contribution in [1.82, 2.24) is 4.90 Å². The minimum atomic E-state index is -0.113. The SMILES string of the molecule is CCCCN(Cc1ccc(OCc2ccccc2)c(OC)c1)C(=O)Nc1cccc2ccccc12. The third kappa shape index (κ3) is 6.33. The van der Waals surface area contributed by atoms with Crippen LogP contribution in [0.25, 0.3) is 10.8 Å². The van der Waals surface area contributed by atoms with Crippen molar-refractivity contribution in [3.63, 3.8) is 0 Å². The van der Waals surface area contributed by atoms with Gasteiger partial charge in [0.2, 0.25) is 0 Å². The zero-order chi connectivity index (χ0) is 24.5. The molecular weight excluding hydrogens is 436 g/mol. The summed E-state index contributed by atoms with van der Waals surface area (Å²) in [5, 5.41) is 5.25. The van der Waals surface area contributed by atoms with E-state index in [-0.39, 0.29) is 6.03 Å². The monoisotopic (exact) mass is 468 g/mol. The molecule has 4 rings (SSSR count). The van der Waals surface area contributed by atoms with Gasteiger partial charge in [-0.1, -0.05) is 86.1 Å². The fourth-order valence-electron chi connectivity index (χ4n) is 4.02. The van der Waals surface area contributed by atoms with Crippen LogP contribution in [0.2, 0.25) is 0 Å². The molecule has 4 aromatic carbocycles. The van der Waals surface area contributed by atoms with Gasteiger partial charge in [-0.2, -0.15) is 0 Å². The number of unbranched alkanes of at least 4 members (excludes halogenated alkanes) is 1. The van der Waals surface area contributed by atoms with Crippen molar-refractivity contribution in [2.75, 3.05) is 19.0 Å². The van der Waals surface area contributed by atoms with Gasteiger partial charge in [-0.3, -0.25) is 0 Å². The molecule has 0 unspecified atom stereocenters. The molecule has 0 fully saturated rings. The second kappa shape index (κ2) is 11.9. The highest BCUT2D eigenvalue weighted by atomic mass is 16.5. The predicted octanol–water partition coefficient (Wildman–Crippen LogP) is 7.26. The van der Waals surface area contributed by atoms with E-state index in [0.717, 1.165) is 40.4 Å². The quantitative estimate of drug-likeness (QED) is 0.266. The van der Waals surface area contributed by atoms with E-state index in [4.69, 9.17) is 9.47 Å². The summed E-state index contributed by atoms with van der Waals surface area (Å²) in [6.07, 6.45) is 1.94. The Balaban J connectivity index is 1.48. The molecule has 5 heteroatoms. The molecule has 0 aliphatic carbocycles. The van der Waals surface area contributed by atoms with Crippen LogP contribution in [0.5, 0.6) is 11.5 Å². The molecule has 0 spiro atoms. The maximum Gasteiger partial charge on any atom is 0.322 e. The summed E-state index contributed by atoms with van der Waals surface area (Å²) in [6, 6.07) is 29.8. The van der Waals surface area contributed by atoms with Gasteiger partial charge in [-0.25, -0.2) is 4.79 Å². The lowest BCUT2D eigenvalue weighted by atomic mass is 10.1. The first-order valence-electron chi connectivity index (χ1n) is 12.0. The highest BCUT2D eigenvalue weighted by molar-refractivity contribution is 6.01. The van der Waals surface area contributed by atoms with Gasteiger partial charge in [0.1, 0.15) is 6.61 Å². The summed E-state index contributed by atoms with van der Waals surface area (Å²) in [7, 11) is 1.64. The fraction of sp³-hybridized carbons (Fsp3) is 0.233. The van der Waals surface area contributed by atoms with Gasteiger partial charge in [0.05, 0.1) is 12.8 Å². The number of hydrogen-bond donors (Lipinski definition) is 1. The Kier molecular flexibility index (Phi) is 8.23. The summed E-state index contributed by atoms with van der Waals surface area (Å²) in [6.45, 7) is 3.74. The summed E-state index contributed by atoms with van der Waals surface area (Å²) >= 11 is 0. The average Bonchev–Trinajstić information content (AvgIpc) is 2.90. The van der Waals surface area contributed by atoms with Crippen LogP contribution in [0.1, 0.15) is 30.9 Å². The van der Waals surface area contributed by atoms with E-state index in [2.05, 4.69) is 12.2 Å². The van der Waals surface area contributed by atoms with Crippen molar-refractivity contribution in [3.05, 3.63) is 102 Å². The Bertz CT molecular complexity index is 1250. The van der Waals surface area contributed by atoms with Crippen LogP contribution in [0, 0.1) is 0 Å². The number of amides is 2. The number of carbonyl (C=O) groups is 1. The first-order chi connectivity index (χ1) is 17.2. The molecule has 1 N–H and O–H groups in total. The summed E-state index contributed by atoms with van der Waals surface area (Å²) < 4.78 is 11.6. The number of carbonyl (C=O) groups excluding carboxylic acids is 1. The third-order valence-electron chi connectivity index (χ3n) is 5.94. The molecule has 0 aromatic heterocycles. The maximum absolute atomic E-state index is 13.3. The Morgan fingerprint density at radius 2 is 1.63 bits per heavy atom. The number of hydrogen-bond acceptors (Lipinski definition) is 3. The number of nitrogens with zero attached hydrogens (tertiary/aromatic N) is 1. The molecule has 2 amide bonds. The number of nitrogens with one attached hydrogen (secondary N) is 1. The fourth-order valence-corrected chi connectivity index (χ4v) is 4.02. The number of ether oxygens (including phenoxy) is 2. The predicted molar refractivity (Wildman–Crippen MR) is 142 cm³/mol. The average molecular weight is 469 g/mol. The van der Waals surface area contributed by atoms with Gasteiger partial charge in [-0.05, 0) is 41.1 Å². The van der Waals surface area contributed by atoms with E-state index in [1.807, 2.05) is 95.9 Å². The molecule has 5 nitrogen and oxygen atoms in total. The van der Waals surface area contributed by atoms with Crippen LogP contribution in [0.3, 0.4) is 0 Å². The highest BCUT2D eigenvalue weighted by Crippen LogP contribution is 2.30. The zero-order valence-electron chi connectivity index (χ0n) is 20.4. The topological polar surface area (TPSA) is 50.8 Å². The normalized spacial score (nSPS) is 10.7. The van der Waals surface area contributed by atoms with Crippen molar-refractivity contribution in [2.45, 2.75) is 32.9 Å². The molecule has 0 heterocycles. The first-order valence-corrected chi connectivity index (χ1v) is 12.0. The first kappa shape index (κ1) is 24.1. The molecular formula is C30H32N2O3. The standard InChI is InChI=1S/C30H32N2O3/c1-3-4-19-32(30(33)31-27-16-10-14-25-13-8-9-15-26(25)27)21-24-17-18-28(29(20-24)34-2)35-22-23-11-6-5-7-12-23/h5-18,20H,3-4,19,21-22H2,1-2H3,(H,31,33). The summed E-state index contributed by atoms with van der Waals surface area (Å²) in [4.78, 5) is 15.2. The van der Waals surface area contributed by atoms with Gasteiger partial charge >= 0.3 is 6.03 Å². The summed E-state index contributed by atoms with van der Waals surface area (Å²) in [5.41, 5.74) is 2.89. The molecule has 0 aliphatic heterocycles. The zero-order valence-corrected chi connectivity index (χ0v) is 20.4. The lowest BCUT2D eigenvalue weighted by Crippen LogP contribution is -2.35. The minimum absolute atomic E-state index is 0.113.